The Morgan fingerprint density at radius 1 is 0.972 bits per heavy atom. The first-order valence-corrected chi connectivity index (χ1v) is 13.2. The van der Waals surface area contributed by atoms with Crippen molar-refractivity contribution in [1.29, 1.82) is 0 Å². The fourth-order valence-corrected chi connectivity index (χ4v) is 5.24. The van der Waals surface area contributed by atoms with Gasteiger partial charge in [-0.1, -0.05) is 60.3 Å². The number of hydrogen-bond acceptors (Lipinski definition) is 6. The smallest absolute Gasteiger partial charge is 0.307 e. The van der Waals surface area contributed by atoms with Crippen LogP contribution in [0.3, 0.4) is 0 Å². The maximum atomic E-state index is 13.5. The first-order chi connectivity index (χ1) is 17.6. The Kier molecular flexibility index (Phi) is 5.92. The van der Waals surface area contributed by atoms with Crippen LogP contribution in [0.2, 0.25) is 0 Å². The molecule has 2 aliphatic rings. The molecule has 0 unspecified atom stereocenters. The quantitative estimate of drug-likeness (QED) is 0.290. The molecule has 2 saturated carbocycles. The summed E-state index contributed by atoms with van der Waals surface area (Å²) < 4.78 is 1.60. The number of thioether (sulfide) groups is 1. The molecule has 1 N–H and O–H groups in total. The van der Waals surface area contributed by atoms with Gasteiger partial charge in [0.05, 0.1) is 12.3 Å². The van der Waals surface area contributed by atoms with Gasteiger partial charge in [0.25, 0.3) is 5.56 Å². The standard InChI is InChI=1S/C27H25N5O3S/c33-21(31(19-9-5-2-6-10-19)15-17-7-3-1-4-8-17)16-36-26-22-24(28-23(29-26)18-11-12-18)32(20-13-14-20)27(35)30-25(22)34/h1-10,18,20H,11-16H2,(H,30,34,35). The van der Waals surface area contributed by atoms with E-state index in [9.17, 15) is 14.4 Å². The zero-order valence-electron chi connectivity index (χ0n) is 19.6. The fourth-order valence-electron chi connectivity index (χ4n) is 4.34. The van der Waals surface area contributed by atoms with Gasteiger partial charge in [-0.3, -0.25) is 19.1 Å². The van der Waals surface area contributed by atoms with Crippen LogP contribution in [0.25, 0.3) is 11.0 Å². The molecule has 2 aliphatic carbocycles. The van der Waals surface area contributed by atoms with Crippen LogP contribution in [-0.2, 0) is 11.3 Å². The molecule has 8 nitrogen and oxygen atoms in total. The fraction of sp³-hybridized carbons (Fsp3) is 0.296. The second kappa shape index (κ2) is 9.39. The minimum Gasteiger partial charge on any atom is -0.307 e. The summed E-state index contributed by atoms with van der Waals surface area (Å²) >= 11 is 1.23. The molecular weight excluding hydrogens is 474 g/mol. The molecule has 2 fully saturated rings. The summed E-state index contributed by atoms with van der Waals surface area (Å²) in [4.78, 5) is 52.6. The lowest BCUT2D eigenvalue weighted by molar-refractivity contribution is -0.116. The monoisotopic (exact) mass is 499 g/mol. The molecule has 2 aromatic heterocycles. The molecule has 9 heteroatoms. The molecule has 0 radical (unpaired) electrons. The predicted octanol–water partition coefficient (Wildman–Crippen LogP) is 4.02. The molecule has 182 valence electrons. The zero-order chi connectivity index (χ0) is 24.6. The minimum absolute atomic E-state index is 0.0535. The third kappa shape index (κ3) is 4.58. The number of aromatic nitrogens is 4. The number of H-pyrrole nitrogens is 1. The second-order valence-electron chi connectivity index (χ2n) is 9.31. The van der Waals surface area contributed by atoms with E-state index in [1.807, 2.05) is 60.7 Å². The zero-order valence-corrected chi connectivity index (χ0v) is 20.4. The van der Waals surface area contributed by atoms with Gasteiger partial charge in [0, 0.05) is 17.6 Å². The number of nitrogens with one attached hydrogen (secondary N) is 1. The van der Waals surface area contributed by atoms with E-state index >= 15 is 0 Å². The van der Waals surface area contributed by atoms with Gasteiger partial charge < -0.3 is 4.90 Å². The molecule has 0 atom stereocenters. The number of rotatable bonds is 8. The molecule has 0 saturated heterocycles. The van der Waals surface area contributed by atoms with Gasteiger partial charge in [0.15, 0.2) is 5.65 Å². The van der Waals surface area contributed by atoms with Crippen LogP contribution < -0.4 is 16.1 Å². The van der Waals surface area contributed by atoms with Gasteiger partial charge in [-0.15, -0.1) is 0 Å². The lowest BCUT2D eigenvalue weighted by atomic mass is 10.2. The second-order valence-corrected chi connectivity index (χ2v) is 10.3. The van der Waals surface area contributed by atoms with Gasteiger partial charge in [-0.05, 0) is 43.4 Å². The van der Waals surface area contributed by atoms with Crippen LogP contribution in [0.4, 0.5) is 5.69 Å². The van der Waals surface area contributed by atoms with Crippen LogP contribution in [0, 0.1) is 0 Å². The van der Waals surface area contributed by atoms with E-state index in [1.165, 1.54) is 11.8 Å². The van der Waals surface area contributed by atoms with Crippen molar-refractivity contribution >= 4 is 34.4 Å². The highest BCUT2D eigenvalue weighted by Gasteiger charge is 2.32. The number of anilines is 1. The molecule has 2 aromatic carbocycles. The van der Waals surface area contributed by atoms with Crippen molar-refractivity contribution < 1.29 is 4.79 Å². The summed E-state index contributed by atoms with van der Waals surface area (Å²) in [5.74, 6) is 0.896. The Morgan fingerprint density at radius 2 is 1.67 bits per heavy atom. The summed E-state index contributed by atoms with van der Waals surface area (Å²) in [6, 6.07) is 19.5. The molecule has 0 bridgehead atoms. The van der Waals surface area contributed by atoms with Crippen molar-refractivity contribution in [3.05, 3.63) is 92.9 Å². The van der Waals surface area contributed by atoms with E-state index < -0.39 is 11.2 Å². The van der Waals surface area contributed by atoms with Gasteiger partial charge in [0.2, 0.25) is 5.91 Å². The summed E-state index contributed by atoms with van der Waals surface area (Å²) in [5, 5.41) is 0.747. The maximum Gasteiger partial charge on any atom is 0.330 e. The molecular formula is C27H25N5O3S. The van der Waals surface area contributed by atoms with Gasteiger partial charge in [-0.25, -0.2) is 14.8 Å². The van der Waals surface area contributed by atoms with E-state index in [0.717, 1.165) is 36.9 Å². The molecule has 6 rings (SSSR count). The van der Waals surface area contributed by atoms with E-state index in [0.29, 0.717) is 23.0 Å². The minimum atomic E-state index is -0.506. The Balaban J connectivity index is 1.35. The highest BCUT2D eigenvalue weighted by atomic mass is 32.2. The molecule has 0 aliphatic heterocycles. The number of nitrogens with zero attached hydrogens (tertiary/aromatic N) is 4. The molecule has 0 spiro atoms. The Morgan fingerprint density at radius 3 is 2.33 bits per heavy atom. The van der Waals surface area contributed by atoms with Gasteiger partial charge >= 0.3 is 5.69 Å². The maximum absolute atomic E-state index is 13.5. The lowest BCUT2D eigenvalue weighted by Gasteiger charge is -2.23. The van der Waals surface area contributed by atoms with Crippen LogP contribution in [0.5, 0.6) is 0 Å². The summed E-state index contributed by atoms with van der Waals surface area (Å²) in [6.45, 7) is 0.434. The first kappa shape index (κ1) is 22.7. The molecule has 36 heavy (non-hydrogen) atoms. The predicted molar refractivity (Wildman–Crippen MR) is 139 cm³/mol. The normalized spacial score (nSPS) is 15.2. The largest absolute Gasteiger partial charge is 0.330 e. The Labute approximate surface area is 211 Å². The third-order valence-electron chi connectivity index (χ3n) is 6.51. The van der Waals surface area contributed by atoms with E-state index in [1.54, 1.807) is 9.47 Å². The Bertz CT molecular complexity index is 1540. The average Bonchev–Trinajstić information content (AvgIpc) is 3.81. The number of carbonyl (C=O) groups excluding carboxylic acids is 1. The van der Waals surface area contributed by atoms with Crippen molar-refractivity contribution in [1.82, 2.24) is 19.5 Å². The number of aromatic amines is 1. The molecule has 1 amide bonds. The SMILES string of the molecule is O=C(CSc1nc(C2CC2)nc2c1c(=O)[nH]c(=O)n2C1CC1)N(Cc1ccccc1)c1ccccc1. The van der Waals surface area contributed by atoms with E-state index in [4.69, 9.17) is 4.98 Å². The number of amides is 1. The van der Waals surface area contributed by atoms with Crippen molar-refractivity contribution in [2.45, 2.75) is 49.2 Å². The number of carbonyl (C=O) groups is 1. The van der Waals surface area contributed by atoms with E-state index in [-0.39, 0.29) is 29.0 Å². The molecule has 4 aromatic rings. The average molecular weight is 500 g/mol. The van der Waals surface area contributed by atoms with Crippen LogP contribution in [0.1, 0.15) is 49.0 Å². The topological polar surface area (TPSA) is 101 Å². The Hall–Kier alpha value is -3.72. The lowest BCUT2D eigenvalue weighted by Crippen LogP contribution is -2.32. The number of benzene rings is 2. The van der Waals surface area contributed by atoms with Crippen LogP contribution >= 0.6 is 11.8 Å². The third-order valence-corrected chi connectivity index (χ3v) is 7.47. The summed E-state index contributed by atoms with van der Waals surface area (Å²) in [5.41, 5.74) is 1.28. The van der Waals surface area contributed by atoms with Crippen molar-refractivity contribution in [3.8, 4) is 0 Å². The van der Waals surface area contributed by atoms with Crippen LogP contribution in [0.15, 0.2) is 75.3 Å². The van der Waals surface area contributed by atoms with Crippen LogP contribution in [-0.4, -0.2) is 31.2 Å². The number of hydrogen-bond donors (Lipinski definition) is 1. The van der Waals surface area contributed by atoms with Crippen molar-refractivity contribution in [3.63, 3.8) is 0 Å². The molecule has 2 heterocycles. The number of para-hydroxylation sites is 1. The highest BCUT2D eigenvalue weighted by Crippen LogP contribution is 2.41. The summed E-state index contributed by atoms with van der Waals surface area (Å²) in [6.07, 6.45) is 3.75. The van der Waals surface area contributed by atoms with Crippen molar-refractivity contribution in [2.75, 3.05) is 10.7 Å². The highest BCUT2D eigenvalue weighted by molar-refractivity contribution is 8.00. The first-order valence-electron chi connectivity index (χ1n) is 12.2. The van der Waals surface area contributed by atoms with Gasteiger partial charge in [0.1, 0.15) is 16.2 Å². The number of fused-ring (bicyclic) bond motifs is 1. The van der Waals surface area contributed by atoms with Crippen molar-refractivity contribution in [2.24, 2.45) is 0 Å². The summed E-state index contributed by atoms with van der Waals surface area (Å²) in [7, 11) is 0. The van der Waals surface area contributed by atoms with Gasteiger partial charge in [-0.2, -0.15) is 0 Å². The van der Waals surface area contributed by atoms with E-state index in [2.05, 4.69) is 9.97 Å².